The predicted molar refractivity (Wildman–Crippen MR) is 104 cm³/mol. The summed E-state index contributed by atoms with van der Waals surface area (Å²) in [6, 6.07) is 20.2. The van der Waals surface area contributed by atoms with Crippen molar-refractivity contribution in [1.29, 1.82) is 0 Å². The zero-order chi connectivity index (χ0) is 18.5. The van der Waals surface area contributed by atoms with Crippen molar-refractivity contribution in [2.45, 2.75) is 44.2 Å². The van der Waals surface area contributed by atoms with Crippen molar-refractivity contribution in [1.82, 2.24) is 9.88 Å². The Kier molecular flexibility index (Phi) is 5.33. The number of carbonyl (C=O) groups excluding carboxylic acids is 1. The highest BCUT2D eigenvalue weighted by Crippen LogP contribution is 2.36. The molecule has 138 valence electrons. The fraction of sp³-hybridized carbons (Fsp3) is 0.304. The molecule has 1 amide bonds. The molecule has 0 bridgehead atoms. The molecule has 4 nitrogen and oxygen atoms in total. The summed E-state index contributed by atoms with van der Waals surface area (Å²) < 4.78 is 5.40. The summed E-state index contributed by atoms with van der Waals surface area (Å²) in [5.74, 6) is 0.831. The molecule has 2 aromatic heterocycles. The van der Waals surface area contributed by atoms with Crippen LogP contribution in [0, 0.1) is 0 Å². The van der Waals surface area contributed by atoms with E-state index in [1.807, 2.05) is 23.1 Å². The lowest BCUT2D eigenvalue weighted by Gasteiger charge is -2.37. The predicted octanol–water partition coefficient (Wildman–Crippen LogP) is 5.04. The van der Waals surface area contributed by atoms with Crippen LogP contribution in [0.1, 0.15) is 53.4 Å². The van der Waals surface area contributed by atoms with E-state index in [0.29, 0.717) is 18.2 Å². The molecule has 0 spiro atoms. The highest BCUT2D eigenvalue weighted by atomic mass is 16.3. The van der Waals surface area contributed by atoms with Gasteiger partial charge < -0.3 is 9.32 Å². The first-order valence-electron chi connectivity index (χ1n) is 9.60. The molecule has 1 aliphatic rings. The van der Waals surface area contributed by atoms with Gasteiger partial charge >= 0.3 is 0 Å². The summed E-state index contributed by atoms with van der Waals surface area (Å²) in [5.41, 5.74) is 2.27. The van der Waals surface area contributed by atoms with Gasteiger partial charge in [0, 0.05) is 12.2 Å². The normalized spacial score (nSPS) is 19.6. The number of benzene rings is 1. The summed E-state index contributed by atoms with van der Waals surface area (Å²) >= 11 is 0. The number of rotatable bonds is 5. The van der Waals surface area contributed by atoms with Gasteiger partial charge in [0.25, 0.3) is 5.91 Å². The Morgan fingerprint density at radius 2 is 1.89 bits per heavy atom. The van der Waals surface area contributed by atoms with E-state index in [4.69, 9.17) is 4.42 Å². The Morgan fingerprint density at radius 1 is 1.04 bits per heavy atom. The van der Waals surface area contributed by atoms with Crippen LogP contribution in [0.4, 0.5) is 0 Å². The number of carbonyl (C=O) groups is 1. The maximum Gasteiger partial charge on any atom is 0.290 e. The van der Waals surface area contributed by atoms with Gasteiger partial charge in [-0.05, 0) is 55.0 Å². The van der Waals surface area contributed by atoms with E-state index in [2.05, 4.69) is 35.3 Å². The lowest BCUT2D eigenvalue weighted by molar-refractivity contribution is 0.0566. The van der Waals surface area contributed by atoms with Gasteiger partial charge in [0.05, 0.1) is 18.5 Å². The minimum atomic E-state index is -0.0515. The van der Waals surface area contributed by atoms with Gasteiger partial charge in [-0.25, -0.2) is 0 Å². The third-order valence-corrected chi connectivity index (χ3v) is 5.41. The highest BCUT2D eigenvalue weighted by molar-refractivity contribution is 5.91. The minimum Gasteiger partial charge on any atom is -0.459 e. The zero-order valence-electron chi connectivity index (χ0n) is 15.3. The fourth-order valence-electron chi connectivity index (χ4n) is 4.05. The summed E-state index contributed by atoms with van der Waals surface area (Å²) in [6.07, 6.45) is 7.62. The lowest BCUT2D eigenvalue weighted by atomic mass is 9.80. The third kappa shape index (κ3) is 4.11. The van der Waals surface area contributed by atoms with Crippen LogP contribution < -0.4 is 0 Å². The van der Waals surface area contributed by atoms with E-state index in [-0.39, 0.29) is 11.9 Å². The topological polar surface area (TPSA) is 46.3 Å². The molecule has 0 aliphatic heterocycles. The van der Waals surface area contributed by atoms with Crippen LogP contribution in [0.2, 0.25) is 0 Å². The molecular weight excluding hydrogens is 336 g/mol. The second-order valence-corrected chi connectivity index (χ2v) is 7.16. The molecule has 2 heterocycles. The number of amides is 1. The van der Waals surface area contributed by atoms with Crippen LogP contribution in [-0.4, -0.2) is 21.8 Å². The smallest absolute Gasteiger partial charge is 0.290 e. The molecule has 2 unspecified atom stereocenters. The van der Waals surface area contributed by atoms with Crippen LogP contribution in [-0.2, 0) is 6.54 Å². The van der Waals surface area contributed by atoms with E-state index < -0.39 is 0 Å². The molecule has 27 heavy (non-hydrogen) atoms. The Morgan fingerprint density at radius 3 is 2.63 bits per heavy atom. The molecule has 1 saturated carbocycles. The standard InChI is InChI=1S/C23H24N2O2/c26-23(22-13-7-15-27-22)25(17-20-11-4-5-14-24-20)21-12-6-10-19(16-21)18-8-2-1-3-9-18/h1-5,7-9,11,13-15,19,21H,6,10,12,16-17H2. The quantitative estimate of drug-likeness (QED) is 0.640. The zero-order valence-corrected chi connectivity index (χ0v) is 15.3. The van der Waals surface area contributed by atoms with Crippen molar-refractivity contribution >= 4 is 5.91 Å². The maximum atomic E-state index is 13.2. The van der Waals surface area contributed by atoms with Crippen molar-refractivity contribution in [2.24, 2.45) is 0 Å². The second kappa shape index (κ2) is 8.21. The molecule has 4 heteroatoms. The fourth-order valence-corrected chi connectivity index (χ4v) is 4.05. The van der Waals surface area contributed by atoms with Crippen LogP contribution >= 0.6 is 0 Å². The van der Waals surface area contributed by atoms with Crippen LogP contribution in [0.15, 0.2) is 77.5 Å². The SMILES string of the molecule is O=C(c1ccco1)N(Cc1ccccn1)C1CCCC(c2ccccc2)C1. The van der Waals surface area contributed by atoms with Crippen molar-refractivity contribution in [3.63, 3.8) is 0 Å². The Bertz CT molecular complexity index is 847. The van der Waals surface area contributed by atoms with E-state index in [0.717, 1.165) is 25.0 Å². The summed E-state index contributed by atoms with van der Waals surface area (Å²) in [6.45, 7) is 0.506. The van der Waals surface area contributed by atoms with Crippen molar-refractivity contribution < 1.29 is 9.21 Å². The molecular formula is C23H24N2O2. The molecule has 0 saturated heterocycles. The second-order valence-electron chi connectivity index (χ2n) is 7.16. The number of aromatic nitrogens is 1. The van der Waals surface area contributed by atoms with Crippen molar-refractivity contribution in [2.75, 3.05) is 0 Å². The molecule has 1 aliphatic carbocycles. The Balaban J connectivity index is 1.58. The first kappa shape index (κ1) is 17.5. The van der Waals surface area contributed by atoms with Crippen LogP contribution in [0.5, 0.6) is 0 Å². The van der Waals surface area contributed by atoms with Crippen molar-refractivity contribution in [3.8, 4) is 0 Å². The average Bonchev–Trinajstić information content (AvgIpc) is 3.28. The summed E-state index contributed by atoms with van der Waals surface area (Å²) in [5, 5.41) is 0. The van der Waals surface area contributed by atoms with E-state index in [9.17, 15) is 4.79 Å². The number of hydrogen-bond donors (Lipinski definition) is 0. The molecule has 4 rings (SSSR count). The van der Waals surface area contributed by atoms with Crippen LogP contribution in [0.3, 0.4) is 0 Å². The third-order valence-electron chi connectivity index (χ3n) is 5.41. The molecule has 3 aromatic rings. The van der Waals surface area contributed by atoms with Gasteiger partial charge in [0.15, 0.2) is 5.76 Å². The molecule has 0 radical (unpaired) electrons. The molecule has 0 N–H and O–H groups in total. The summed E-state index contributed by atoms with van der Waals surface area (Å²) in [7, 11) is 0. The van der Waals surface area contributed by atoms with Gasteiger partial charge in [0.2, 0.25) is 0 Å². The Labute approximate surface area is 159 Å². The maximum absolute atomic E-state index is 13.2. The summed E-state index contributed by atoms with van der Waals surface area (Å²) in [4.78, 5) is 19.5. The van der Waals surface area contributed by atoms with Gasteiger partial charge in [-0.2, -0.15) is 0 Å². The molecule has 1 fully saturated rings. The van der Waals surface area contributed by atoms with E-state index in [1.54, 1.807) is 24.6 Å². The highest BCUT2D eigenvalue weighted by Gasteiger charge is 2.32. The van der Waals surface area contributed by atoms with Crippen molar-refractivity contribution in [3.05, 3.63) is 90.1 Å². The molecule has 1 aromatic carbocycles. The minimum absolute atomic E-state index is 0.0515. The monoisotopic (exact) mass is 360 g/mol. The van der Waals surface area contributed by atoms with E-state index in [1.165, 1.54) is 12.0 Å². The first-order valence-corrected chi connectivity index (χ1v) is 9.60. The lowest BCUT2D eigenvalue weighted by Crippen LogP contribution is -2.42. The number of furan rings is 1. The number of hydrogen-bond acceptors (Lipinski definition) is 3. The molecule has 2 atom stereocenters. The van der Waals surface area contributed by atoms with Gasteiger partial charge in [0.1, 0.15) is 0 Å². The Hall–Kier alpha value is -2.88. The van der Waals surface area contributed by atoms with E-state index >= 15 is 0 Å². The first-order chi connectivity index (χ1) is 13.3. The van der Waals surface area contributed by atoms with Gasteiger partial charge in [-0.1, -0.05) is 42.8 Å². The van der Waals surface area contributed by atoms with Crippen LogP contribution in [0.25, 0.3) is 0 Å². The van der Waals surface area contributed by atoms with Gasteiger partial charge in [-0.15, -0.1) is 0 Å². The largest absolute Gasteiger partial charge is 0.459 e. The van der Waals surface area contributed by atoms with Gasteiger partial charge in [-0.3, -0.25) is 9.78 Å². The number of pyridine rings is 1. The number of nitrogens with zero attached hydrogens (tertiary/aromatic N) is 2. The average molecular weight is 360 g/mol.